The minimum Gasteiger partial charge on any atom is -0.483 e. The second-order valence-corrected chi connectivity index (χ2v) is 8.92. The Morgan fingerprint density at radius 2 is 2.00 bits per heavy atom. The average Bonchev–Trinajstić information content (AvgIpc) is 3.07. The SMILES string of the molecule is CC1(C)Cc2cccc(OCC(=O)N3CCCC(COCc4ccccc4)C3)c2O1. The molecular weight excluding hydrogens is 378 g/mol. The summed E-state index contributed by atoms with van der Waals surface area (Å²) in [6.07, 6.45) is 2.95. The van der Waals surface area contributed by atoms with E-state index in [0.29, 0.717) is 24.9 Å². The van der Waals surface area contributed by atoms with Crippen LogP contribution in [0.1, 0.15) is 37.8 Å². The van der Waals surface area contributed by atoms with E-state index in [1.165, 1.54) is 5.56 Å². The molecule has 2 aliphatic rings. The van der Waals surface area contributed by atoms with Crippen molar-refractivity contribution in [2.45, 2.75) is 45.3 Å². The largest absolute Gasteiger partial charge is 0.483 e. The van der Waals surface area contributed by atoms with E-state index in [0.717, 1.165) is 43.7 Å². The minimum atomic E-state index is -0.231. The van der Waals surface area contributed by atoms with Gasteiger partial charge in [-0.2, -0.15) is 0 Å². The van der Waals surface area contributed by atoms with E-state index < -0.39 is 0 Å². The Balaban J connectivity index is 1.26. The molecule has 0 aliphatic carbocycles. The summed E-state index contributed by atoms with van der Waals surface area (Å²) >= 11 is 0. The van der Waals surface area contributed by atoms with Crippen LogP contribution in [0.15, 0.2) is 48.5 Å². The Kier molecular flexibility index (Phi) is 6.28. The van der Waals surface area contributed by atoms with Crippen molar-refractivity contribution >= 4 is 5.91 Å². The second kappa shape index (κ2) is 9.09. The number of carbonyl (C=O) groups is 1. The number of piperidine rings is 1. The third kappa shape index (κ3) is 5.14. The molecule has 2 aliphatic heterocycles. The Bertz CT molecular complexity index is 865. The number of amides is 1. The third-order valence-corrected chi connectivity index (χ3v) is 5.74. The fourth-order valence-corrected chi connectivity index (χ4v) is 4.28. The van der Waals surface area contributed by atoms with Gasteiger partial charge in [0, 0.05) is 25.1 Å². The molecule has 0 saturated carbocycles. The summed E-state index contributed by atoms with van der Waals surface area (Å²) in [5, 5.41) is 0. The molecule has 2 aromatic rings. The zero-order chi connectivity index (χ0) is 21.0. The van der Waals surface area contributed by atoms with Crippen LogP contribution in [0.4, 0.5) is 0 Å². The summed E-state index contributed by atoms with van der Waals surface area (Å²) in [5.41, 5.74) is 2.08. The van der Waals surface area contributed by atoms with Gasteiger partial charge in [0.05, 0.1) is 13.2 Å². The molecule has 0 N–H and O–H groups in total. The number of hydrogen-bond acceptors (Lipinski definition) is 4. The first kappa shape index (κ1) is 20.7. The Hall–Kier alpha value is -2.53. The van der Waals surface area contributed by atoms with Crippen LogP contribution in [0, 0.1) is 5.92 Å². The van der Waals surface area contributed by atoms with Crippen molar-refractivity contribution in [2.24, 2.45) is 5.92 Å². The monoisotopic (exact) mass is 409 g/mol. The first-order valence-electron chi connectivity index (χ1n) is 10.8. The Morgan fingerprint density at radius 3 is 2.83 bits per heavy atom. The highest BCUT2D eigenvalue weighted by molar-refractivity contribution is 5.78. The molecule has 2 heterocycles. The standard InChI is InChI=1S/C25H31NO4/c1-25(2)14-21-11-6-12-22(24(21)30-25)29-18-23(27)26-13-7-10-20(15-26)17-28-16-19-8-4-3-5-9-19/h3-6,8-9,11-12,20H,7,10,13-18H2,1-2H3. The molecule has 1 saturated heterocycles. The van der Waals surface area contributed by atoms with Gasteiger partial charge in [0.2, 0.25) is 0 Å². The fraction of sp³-hybridized carbons (Fsp3) is 0.480. The zero-order valence-electron chi connectivity index (χ0n) is 17.9. The Labute approximate surface area is 178 Å². The van der Waals surface area contributed by atoms with Gasteiger partial charge in [-0.25, -0.2) is 0 Å². The number of benzene rings is 2. The number of fused-ring (bicyclic) bond motifs is 1. The molecule has 1 atom stereocenters. The highest BCUT2D eigenvalue weighted by Gasteiger charge is 2.32. The number of ether oxygens (including phenoxy) is 3. The van der Waals surface area contributed by atoms with Crippen molar-refractivity contribution in [2.75, 3.05) is 26.3 Å². The smallest absolute Gasteiger partial charge is 0.260 e. The van der Waals surface area contributed by atoms with E-state index >= 15 is 0 Å². The molecular formula is C25H31NO4. The fourth-order valence-electron chi connectivity index (χ4n) is 4.28. The molecule has 1 unspecified atom stereocenters. The van der Waals surface area contributed by atoms with E-state index in [2.05, 4.69) is 32.0 Å². The lowest BCUT2D eigenvalue weighted by Gasteiger charge is -2.32. The maximum atomic E-state index is 12.8. The summed E-state index contributed by atoms with van der Waals surface area (Å²) in [6, 6.07) is 16.1. The molecule has 0 bridgehead atoms. The van der Waals surface area contributed by atoms with Gasteiger partial charge in [-0.15, -0.1) is 0 Å². The molecule has 2 aromatic carbocycles. The van der Waals surface area contributed by atoms with Crippen molar-refractivity contribution in [3.8, 4) is 11.5 Å². The number of hydrogen-bond donors (Lipinski definition) is 0. The molecule has 5 nitrogen and oxygen atoms in total. The molecule has 4 rings (SSSR count). The van der Waals surface area contributed by atoms with Gasteiger partial charge < -0.3 is 19.1 Å². The van der Waals surface area contributed by atoms with Crippen LogP contribution in [-0.4, -0.2) is 42.7 Å². The van der Waals surface area contributed by atoms with Gasteiger partial charge in [0.15, 0.2) is 18.1 Å². The Morgan fingerprint density at radius 1 is 1.17 bits per heavy atom. The zero-order valence-corrected chi connectivity index (χ0v) is 17.9. The lowest BCUT2D eigenvalue weighted by atomic mass is 9.99. The summed E-state index contributed by atoms with van der Waals surface area (Å²) in [7, 11) is 0. The van der Waals surface area contributed by atoms with Gasteiger partial charge in [-0.05, 0) is 44.2 Å². The van der Waals surface area contributed by atoms with Crippen molar-refractivity contribution in [1.29, 1.82) is 0 Å². The molecule has 160 valence electrons. The molecule has 0 spiro atoms. The van der Waals surface area contributed by atoms with Gasteiger partial charge in [-0.3, -0.25) is 4.79 Å². The van der Waals surface area contributed by atoms with Crippen LogP contribution in [0.25, 0.3) is 0 Å². The second-order valence-electron chi connectivity index (χ2n) is 8.92. The van der Waals surface area contributed by atoms with E-state index in [1.807, 2.05) is 35.2 Å². The van der Waals surface area contributed by atoms with Crippen LogP contribution in [0.3, 0.4) is 0 Å². The first-order chi connectivity index (χ1) is 14.5. The predicted octanol–water partition coefficient (Wildman–Crippen LogP) is 4.23. The lowest BCUT2D eigenvalue weighted by molar-refractivity contribution is -0.135. The number of rotatable bonds is 7. The van der Waals surface area contributed by atoms with E-state index in [4.69, 9.17) is 14.2 Å². The third-order valence-electron chi connectivity index (χ3n) is 5.74. The maximum absolute atomic E-state index is 12.8. The topological polar surface area (TPSA) is 48.0 Å². The summed E-state index contributed by atoms with van der Waals surface area (Å²) in [5.74, 6) is 1.83. The number of likely N-dealkylation sites (tertiary alicyclic amines) is 1. The predicted molar refractivity (Wildman–Crippen MR) is 116 cm³/mol. The van der Waals surface area contributed by atoms with Crippen LogP contribution < -0.4 is 9.47 Å². The normalized spacial score (nSPS) is 19.8. The van der Waals surface area contributed by atoms with E-state index in [-0.39, 0.29) is 18.1 Å². The molecule has 1 amide bonds. The van der Waals surface area contributed by atoms with Crippen LogP contribution in [0.5, 0.6) is 11.5 Å². The van der Waals surface area contributed by atoms with Crippen molar-refractivity contribution in [1.82, 2.24) is 4.90 Å². The molecule has 0 radical (unpaired) electrons. The number of para-hydroxylation sites is 1. The molecule has 5 heteroatoms. The van der Waals surface area contributed by atoms with Gasteiger partial charge >= 0.3 is 0 Å². The van der Waals surface area contributed by atoms with Gasteiger partial charge in [-0.1, -0.05) is 42.5 Å². The first-order valence-corrected chi connectivity index (χ1v) is 10.8. The lowest BCUT2D eigenvalue weighted by Crippen LogP contribution is -2.43. The van der Waals surface area contributed by atoms with Crippen LogP contribution in [-0.2, 0) is 22.6 Å². The summed E-state index contributed by atoms with van der Waals surface area (Å²) in [4.78, 5) is 14.7. The van der Waals surface area contributed by atoms with Crippen LogP contribution in [0.2, 0.25) is 0 Å². The van der Waals surface area contributed by atoms with Gasteiger partial charge in [0.25, 0.3) is 5.91 Å². The van der Waals surface area contributed by atoms with Crippen molar-refractivity contribution < 1.29 is 19.0 Å². The molecule has 1 fully saturated rings. The summed E-state index contributed by atoms with van der Waals surface area (Å²) in [6.45, 7) is 6.98. The quantitative estimate of drug-likeness (QED) is 0.687. The maximum Gasteiger partial charge on any atom is 0.260 e. The average molecular weight is 410 g/mol. The van der Waals surface area contributed by atoms with E-state index in [9.17, 15) is 4.79 Å². The van der Waals surface area contributed by atoms with Crippen molar-refractivity contribution in [3.05, 3.63) is 59.7 Å². The van der Waals surface area contributed by atoms with Gasteiger partial charge in [0.1, 0.15) is 5.60 Å². The molecule has 30 heavy (non-hydrogen) atoms. The van der Waals surface area contributed by atoms with E-state index in [1.54, 1.807) is 0 Å². The van der Waals surface area contributed by atoms with Crippen LogP contribution >= 0.6 is 0 Å². The number of nitrogens with zero attached hydrogens (tertiary/aromatic N) is 1. The minimum absolute atomic E-state index is 0.0256. The highest BCUT2D eigenvalue weighted by Crippen LogP contribution is 2.41. The molecule has 0 aromatic heterocycles. The number of carbonyl (C=O) groups excluding carboxylic acids is 1. The summed E-state index contributed by atoms with van der Waals surface area (Å²) < 4.78 is 17.8. The highest BCUT2D eigenvalue weighted by atomic mass is 16.5. The van der Waals surface area contributed by atoms with Crippen molar-refractivity contribution in [3.63, 3.8) is 0 Å².